The van der Waals surface area contributed by atoms with Crippen molar-refractivity contribution in [3.63, 3.8) is 0 Å². The summed E-state index contributed by atoms with van der Waals surface area (Å²) in [5, 5.41) is 14.0. The fourth-order valence-corrected chi connectivity index (χ4v) is 4.12. The molecule has 0 radical (unpaired) electrons. The monoisotopic (exact) mass is 403 g/mol. The summed E-state index contributed by atoms with van der Waals surface area (Å²) in [7, 11) is -1.82. The van der Waals surface area contributed by atoms with Crippen molar-refractivity contribution in [2.75, 3.05) is 25.1 Å². The number of fused-ring (bicyclic) bond motifs is 1. The molecule has 0 aromatic carbocycles. The first-order valence-electron chi connectivity index (χ1n) is 10.3. The third kappa shape index (κ3) is 3.99. The molecule has 1 saturated carbocycles. The van der Waals surface area contributed by atoms with Crippen LogP contribution >= 0.6 is 0 Å². The highest BCUT2D eigenvalue weighted by atomic mass is 28.4. The maximum absolute atomic E-state index is 10.4. The smallest absolute Gasteiger partial charge is 0.192 e. The summed E-state index contributed by atoms with van der Waals surface area (Å²) in [6.45, 7) is 13.1. The zero-order valence-corrected chi connectivity index (χ0v) is 18.7. The van der Waals surface area contributed by atoms with Gasteiger partial charge in [-0.25, -0.2) is 4.98 Å². The van der Waals surface area contributed by atoms with Crippen LogP contribution in [0.25, 0.3) is 5.65 Å². The van der Waals surface area contributed by atoms with Crippen molar-refractivity contribution in [1.29, 1.82) is 0 Å². The molecule has 0 amide bonds. The van der Waals surface area contributed by atoms with Gasteiger partial charge in [0.15, 0.2) is 14.0 Å². The number of hydrogen-bond donors (Lipinski definition) is 2. The molecular weight excluding hydrogens is 370 g/mol. The number of rotatable bonds is 7. The molecule has 4 rings (SSSR count). The summed E-state index contributed by atoms with van der Waals surface area (Å²) < 4.78 is 13.6. The molecule has 1 aliphatic carbocycles. The number of aliphatic hydroxyl groups is 1. The van der Waals surface area contributed by atoms with Crippen LogP contribution in [0.15, 0.2) is 18.5 Å². The molecule has 3 heterocycles. The summed E-state index contributed by atoms with van der Waals surface area (Å²) >= 11 is 0. The topological polar surface area (TPSA) is 68.0 Å². The average molecular weight is 404 g/mol. The van der Waals surface area contributed by atoms with Crippen molar-refractivity contribution in [2.24, 2.45) is 0 Å². The lowest BCUT2D eigenvalue weighted by Gasteiger charge is -2.36. The number of nitrogens with zero attached hydrogens (tertiary/aromatic N) is 2. The van der Waals surface area contributed by atoms with Gasteiger partial charge in [0.05, 0.1) is 31.2 Å². The molecule has 6 nitrogen and oxygen atoms in total. The Bertz CT molecular complexity index is 864. The van der Waals surface area contributed by atoms with E-state index in [2.05, 4.69) is 62.0 Å². The van der Waals surface area contributed by atoms with Crippen molar-refractivity contribution in [3.8, 4) is 0 Å². The summed E-state index contributed by atoms with van der Waals surface area (Å²) in [5.74, 6) is 0.648. The Balaban J connectivity index is 1.57. The number of hydrogen-bond acceptors (Lipinski definition) is 5. The summed E-state index contributed by atoms with van der Waals surface area (Å²) in [6, 6.07) is 2.20. The van der Waals surface area contributed by atoms with Gasteiger partial charge < -0.3 is 24.0 Å². The number of imidazole rings is 1. The van der Waals surface area contributed by atoms with Crippen LogP contribution in [0.4, 0.5) is 5.69 Å². The minimum atomic E-state index is -1.82. The number of aromatic nitrogens is 2. The second kappa shape index (κ2) is 6.83. The van der Waals surface area contributed by atoms with Gasteiger partial charge in [0.25, 0.3) is 0 Å². The van der Waals surface area contributed by atoms with Gasteiger partial charge in [0, 0.05) is 18.9 Å². The van der Waals surface area contributed by atoms with Crippen LogP contribution in [0.1, 0.15) is 50.8 Å². The van der Waals surface area contributed by atoms with Crippen LogP contribution in [-0.2, 0) is 15.8 Å². The lowest BCUT2D eigenvalue weighted by molar-refractivity contribution is -0.168. The van der Waals surface area contributed by atoms with Crippen molar-refractivity contribution < 1.29 is 14.3 Å². The molecule has 2 aromatic heterocycles. The van der Waals surface area contributed by atoms with Gasteiger partial charge in [-0.1, -0.05) is 20.8 Å². The quantitative estimate of drug-likeness (QED) is 0.686. The number of ether oxygens (including phenoxy) is 1. The number of pyridine rings is 1. The number of nitrogens with one attached hydrogen (secondary N) is 1. The predicted molar refractivity (Wildman–Crippen MR) is 113 cm³/mol. The maximum Gasteiger partial charge on any atom is 0.192 e. The van der Waals surface area contributed by atoms with E-state index >= 15 is 0 Å². The van der Waals surface area contributed by atoms with Gasteiger partial charge in [0.1, 0.15) is 5.60 Å². The van der Waals surface area contributed by atoms with Crippen molar-refractivity contribution in [2.45, 2.75) is 69.9 Å². The summed E-state index contributed by atoms with van der Waals surface area (Å²) in [6.07, 6.45) is 6.78. The Morgan fingerprint density at radius 3 is 2.61 bits per heavy atom. The van der Waals surface area contributed by atoms with Crippen LogP contribution in [0.5, 0.6) is 0 Å². The van der Waals surface area contributed by atoms with E-state index in [0.717, 1.165) is 17.0 Å². The second-order valence-electron chi connectivity index (χ2n) is 10.0. The minimum Gasteiger partial charge on any atom is -0.411 e. The molecule has 1 saturated heterocycles. The van der Waals surface area contributed by atoms with Crippen LogP contribution in [0.2, 0.25) is 18.1 Å². The molecule has 0 bridgehead atoms. The van der Waals surface area contributed by atoms with Gasteiger partial charge in [-0.15, -0.1) is 0 Å². The van der Waals surface area contributed by atoms with E-state index in [1.54, 1.807) is 0 Å². The zero-order chi connectivity index (χ0) is 20.2. The van der Waals surface area contributed by atoms with E-state index in [1.165, 1.54) is 18.4 Å². The van der Waals surface area contributed by atoms with Gasteiger partial charge in [0.2, 0.25) is 0 Å². The Labute approximate surface area is 168 Å². The van der Waals surface area contributed by atoms with E-state index in [4.69, 9.17) is 14.1 Å². The largest absolute Gasteiger partial charge is 0.411 e. The van der Waals surface area contributed by atoms with Crippen molar-refractivity contribution in [3.05, 3.63) is 29.7 Å². The van der Waals surface area contributed by atoms with Gasteiger partial charge in [-0.2, -0.15) is 0 Å². The van der Waals surface area contributed by atoms with Gasteiger partial charge in [-0.05, 0) is 48.5 Å². The molecule has 2 N–H and O–H groups in total. The highest BCUT2D eigenvalue weighted by Crippen LogP contribution is 2.41. The lowest BCUT2D eigenvalue weighted by Crippen LogP contribution is -2.54. The van der Waals surface area contributed by atoms with Crippen LogP contribution in [0, 0.1) is 0 Å². The third-order valence-electron chi connectivity index (χ3n) is 6.41. The highest BCUT2D eigenvalue weighted by Gasteiger charge is 2.38. The Hall–Kier alpha value is -1.41. The maximum atomic E-state index is 10.4. The molecule has 0 atom stereocenters. The van der Waals surface area contributed by atoms with Gasteiger partial charge >= 0.3 is 0 Å². The van der Waals surface area contributed by atoms with E-state index in [1.807, 2.05) is 0 Å². The second-order valence-corrected chi connectivity index (χ2v) is 14.9. The molecule has 0 spiro atoms. The third-order valence-corrected chi connectivity index (χ3v) is 10.9. The van der Waals surface area contributed by atoms with Crippen molar-refractivity contribution >= 4 is 19.7 Å². The Morgan fingerprint density at radius 2 is 2.04 bits per heavy atom. The molecule has 7 heteroatoms. The predicted octanol–water partition coefficient (Wildman–Crippen LogP) is 3.91. The normalized spacial score (nSPS) is 19.6. The SMILES string of the molecule is CC(C)(C)[Si](C)(C)OCc1cn2cc(C3CC3)cc(NCC3(O)COC3)c2n1. The first-order chi connectivity index (χ1) is 13.1. The molecule has 154 valence electrons. The van der Waals surface area contributed by atoms with E-state index < -0.39 is 13.9 Å². The fourth-order valence-electron chi connectivity index (χ4n) is 3.18. The molecule has 28 heavy (non-hydrogen) atoms. The average Bonchev–Trinajstić information content (AvgIpc) is 3.35. The molecule has 2 aliphatic rings. The standard InChI is InChI=1S/C21H33N3O3Si/c1-20(2,3)28(4,5)27-11-17-10-24-9-16(15-6-7-15)8-18(19(24)23-17)22-12-21(25)13-26-14-21/h8-10,15,22,25H,6-7,11-14H2,1-5H3. The lowest BCUT2D eigenvalue weighted by atomic mass is 10.0. The van der Waals surface area contributed by atoms with Crippen LogP contribution < -0.4 is 5.32 Å². The molecular formula is C21H33N3O3Si. The Kier molecular flexibility index (Phi) is 4.85. The molecule has 1 aliphatic heterocycles. The fraction of sp³-hybridized carbons (Fsp3) is 0.667. The van der Waals surface area contributed by atoms with E-state index in [9.17, 15) is 5.11 Å². The molecule has 2 fully saturated rings. The van der Waals surface area contributed by atoms with Crippen molar-refractivity contribution in [1.82, 2.24) is 9.38 Å². The van der Waals surface area contributed by atoms with Crippen LogP contribution in [0.3, 0.4) is 0 Å². The van der Waals surface area contributed by atoms with Gasteiger partial charge in [-0.3, -0.25) is 0 Å². The first-order valence-corrected chi connectivity index (χ1v) is 13.2. The molecule has 0 unspecified atom stereocenters. The minimum absolute atomic E-state index is 0.179. The summed E-state index contributed by atoms with van der Waals surface area (Å²) in [4.78, 5) is 4.85. The summed E-state index contributed by atoms with van der Waals surface area (Å²) in [5.41, 5.74) is 3.38. The first kappa shape index (κ1) is 19.9. The Morgan fingerprint density at radius 1 is 1.32 bits per heavy atom. The molecule has 2 aromatic rings. The zero-order valence-electron chi connectivity index (χ0n) is 17.7. The number of anilines is 1. The van der Waals surface area contributed by atoms with Crippen LogP contribution in [-0.4, -0.2) is 48.2 Å². The van der Waals surface area contributed by atoms with E-state index in [0.29, 0.717) is 32.3 Å². The highest BCUT2D eigenvalue weighted by molar-refractivity contribution is 6.74. The van der Waals surface area contributed by atoms with E-state index in [-0.39, 0.29) is 5.04 Å².